The van der Waals surface area contributed by atoms with Crippen LogP contribution in [0, 0.1) is 23.4 Å². The summed E-state index contributed by atoms with van der Waals surface area (Å²) >= 11 is 36.3. The van der Waals surface area contributed by atoms with Gasteiger partial charge in [-0.1, -0.05) is 107 Å². The van der Waals surface area contributed by atoms with Crippen molar-refractivity contribution in [1.29, 1.82) is 0 Å². The van der Waals surface area contributed by atoms with Gasteiger partial charge < -0.3 is 44.6 Å². The summed E-state index contributed by atoms with van der Waals surface area (Å²) in [7, 11) is -3.97. The molecule has 10 N–H and O–H groups in total. The summed E-state index contributed by atoms with van der Waals surface area (Å²) in [6.07, 6.45) is 11.9. The van der Waals surface area contributed by atoms with Crippen LogP contribution in [0.25, 0.3) is 123 Å². The molecule has 758 valence electrons. The quantitative estimate of drug-likeness (QED) is 0.0519. The van der Waals surface area contributed by atoms with E-state index in [1.54, 1.807) is 42.9 Å². The van der Waals surface area contributed by atoms with Gasteiger partial charge in [0.1, 0.15) is 72.1 Å². The molecule has 10 aromatic heterocycles. The summed E-state index contributed by atoms with van der Waals surface area (Å²) in [4.78, 5) is 80.0. The number of aromatic amines is 9. The van der Waals surface area contributed by atoms with Gasteiger partial charge >= 0.3 is 18.5 Å². The standard InChI is InChI=1S/2C19H20Cl2N4.C19H19F3N4O2S.C18H10Cl2FN3.C18H18F2N4O2S.2C2HF3O2/c1-25(12-6-3-2-4-7-12)19-13(8-5-9-22-19)18-23-16-10-14(20)15(21)11-17(16)24-18;20-14-9-16-17(10-15(14)21)25-19(24-16)13-7-4-8-22-18(13)23-11-12-5-2-1-3-6-12;1-29(27,28)13-6-9-26(10-7-13)18-14(3-2-8-23-18)17-24-15-5-4-12(19(20,21)22)11-16(15)25-17;19-11-5-3-10(4-6-11)17-12(2-1-7-22-17)18-23-15-8-13(20)14(21)9-16(15)24-18;1-27(25,26)11-6-9-24(10-7-11)18-12(3-2-8-21-18)17-22-14-5-4-13(19)15(20)16(14)23-17;2*3-2(4,5)1(6)7/h5,8-12H,2-4,6-7H2,1H3,(H,23,24);4,7-10,12H,1-3,5-6,11H2,(H,22,23)(H,24,25);2-5,8,11,13H,6-7,9-10H2,1H3,(H,24,25);1-9H,(H,23,24);2-5,8,11H,6-7,9-10H2,1H3,(H,22,23);2*(H,6,7)/p+2. The number of aromatic nitrogens is 15. The molecule has 4 aliphatic rings. The van der Waals surface area contributed by atoms with Crippen molar-refractivity contribution in [1.82, 2.24) is 54.8 Å². The van der Waals surface area contributed by atoms with Crippen LogP contribution in [-0.2, 0) is 35.4 Å². The van der Waals surface area contributed by atoms with E-state index in [2.05, 4.69) is 104 Å². The lowest BCUT2D eigenvalue weighted by molar-refractivity contribution is -0.365. The summed E-state index contributed by atoms with van der Waals surface area (Å²) in [6.45, 7) is 3.15. The van der Waals surface area contributed by atoms with Gasteiger partial charge in [0.15, 0.2) is 44.8 Å². The van der Waals surface area contributed by atoms with Crippen molar-refractivity contribution in [3.8, 4) is 68.2 Å². The Bertz CT molecular complexity index is 7380. The van der Waals surface area contributed by atoms with Gasteiger partial charge in [-0.05, 0) is 179 Å². The van der Waals surface area contributed by atoms with E-state index in [1.165, 1.54) is 101 Å². The van der Waals surface area contributed by atoms with Crippen LogP contribution in [-0.4, -0.2) is 165 Å². The second-order valence-corrected chi connectivity index (χ2v) is 41.5. The summed E-state index contributed by atoms with van der Waals surface area (Å²) in [5, 5.41) is 23.4. The highest BCUT2D eigenvalue weighted by molar-refractivity contribution is 7.91. The highest BCUT2D eigenvalue weighted by Crippen LogP contribution is 2.41. The van der Waals surface area contributed by atoms with Gasteiger partial charge in [-0.25, -0.2) is 84.8 Å². The third-order valence-corrected chi connectivity index (χ3v) is 29.8. The monoisotopic (exact) mass is 2150 g/mol. The first-order chi connectivity index (χ1) is 68.3. The minimum absolute atomic E-state index is 0.0460. The highest BCUT2D eigenvalue weighted by atomic mass is 35.5. The van der Waals surface area contributed by atoms with Crippen LogP contribution in [0.3, 0.4) is 0 Å². The van der Waals surface area contributed by atoms with Gasteiger partial charge in [0, 0.05) is 104 Å². The topological polar surface area (TPSA) is 383 Å². The number of carboxylic acid groups (broad SMARTS) is 2. The normalized spacial score (nSPS) is 14.7. The number of carbonyl (C=O) groups is 2. The molecule has 6 aromatic carbocycles. The lowest BCUT2D eigenvalue weighted by atomic mass is 9.89. The van der Waals surface area contributed by atoms with Crippen molar-refractivity contribution in [2.75, 3.05) is 72.3 Å². The Kier molecular flexibility index (Phi) is 34.3. The molecule has 2 saturated heterocycles. The average Bonchev–Trinajstić information content (AvgIpc) is 1.65. The molecule has 0 bridgehead atoms. The molecule has 2 saturated carbocycles. The molecule has 4 fully saturated rings. The highest BCUT2D eigenvalue weighted by Gasteiger charge is 2.37. The molecule has 144 heavy (non-hydrogen) atoms. The minimum atomic E-state index is -5.19. The van der Waals surface area contributed by atoms with Crippen molar-refractivity contribution in [2.45, 2.75) is 125 Å². The predicted octanol–water partition coefficient (Wildman–Crippen LogP) is 20.2. The number of benzene rings is 6. The first kappa shape index (κ1) is 107. The number of H-pyrrole nitrogens is 9. The Morgan fingerprint density at radius 1 is 0.472 bits per heavy atom. The Hall–Kier alpha value is -12.6. The number of carbonyl (C=O) groups excluding carboxylic acids is 2. The van der Waals surface area contributed by atoms with Gasteiger partial charge in [0.2, 0.25) is 0 Å². The Balaban J connectivity index is 0.000000138. The van der Waals surface area contributed by atoms with E-state index in [-0.39, 0.29) is 21.0 Å². The number of sulfone groups is 2. The average molecular weight is 2160 g/mol. The number of nitrogens with zero attached hydrogens (tertiary/aromatic N) is 9. The van der Waals surface area contributed by atoms with Crippen LogP contribution in [0.5, 0.6) is 0 Å². The number of fused-ring (bicyclic) bond motifs is 5. The van der Waals surface area contributed by atoms with E-state index in [1.807, 2.05) is 95.0 Å². The third-order valence-electron chi connectivity index (χ3n) is 24.5. The summed E-state index contributed by atoms with van der Waals surface area (Å²) in [6, 6.07) is 43.2. The number of hydrogen-bond donors (Lipinski definition) is 6. The van der Waals surface area contributed by atoms with Crippen molar-refractivity contribution in [3.63, 3.8) is 0 Å². The van der Waals surface area contributed by atoms with Gasteiger partial charge in [-0.2, -0.15) is 39.5 Å². The predicted molar refractivity (Wildman–Crippen MR) is 525 cm³/mol. The van der Waals surface area contributed by atoms with Crippen LogP contribution in [0.1, 0.15) is 95.5 Å². The fraction of sp³-hybridized carbons (Fsp3) is 0.299. The Labute approximate surface area is 845 Å². The first-order valence-electron chi connectivity index (χ1n) is 44.9. The zero-order valence-corrected chi connectivity index (χ0v) is 82.6. The number of aliphatic carboxylic acids is 2. The number of carboxylic acids is 2. The molecule has 2 aliphatic heterocycles. The molecule has 47 heteroatoms. The van der Waals surface area contributed by atoms with E-state index >= 15 is 0 Å². The van der Waals surface area contributed by atoms with Crippen LogP contribution in [0.15, 0.2) is 183 Å². The molecule has 16 aromatic rings. The maximum absolute atomic E-state index is 14.0. The second-order valence-electron chi connectivity index (χ2n) is 34.3. The zero-order valence-electron chi connectivity index (χ0n) is 76.5. The number of pyridine rings is 5. The number of halogens is 18. The number of anilines is 4. The molecule has 12 heterocycles. The number of rotatable bonds is 15. The van der Waals surface area contributed by atoms with Crippen molar-refractivity contribution < 1.29 is 109 Å². The number of imidazole rings is 5. The lowest BCUT2D eigenvalue weighted by Crippen LogP contribution is -2.39. The largest absolute Gasteiger partial charge is 0.542 e. The van der Waals surface area contributed by atoms with Crippen LogP contribution in [0.2, 0.25) is 30.1 Å². The van der Waals surface area contributed by atoms with E-state index < -0.39 is 73.2 Å². The molecule has 0 unspecified atom stereocenters. The van der Waals surface area contributed by atoms with Crippen molar-refractivity contribution >= 4 is 180 Å². The maximum Gasteiger partial charge on any atom is 0.430 e. The number of nitrogens with one attached hydrogen (secondary N) is 10. The molecular weight excluding hydrogens is 2060 g/mol. The minimum Gasteiger partial charge on any atom is -0.542 e. The van der Waals surface area contributed by atoms with Crippen molar-refractivity contribution in [3.05, 3.63) is 236 Å². The van der Waals surface area contributed by atoms with E-state index in [4.69, 9.17) is 89.4 Å². The molecule has 2 aliphatic carbocycles. The molecule has 0 radical (unpaired) electrons. The van der Waals surface area contributed by atoms with Crippen LogP contribution >= 0.6 is 69.6 Å². The Morgan fingerprint density at radius 2 is 0.931 bits per heavy atom. The fourth-order valence-electron chi connectivity index (χ4n) is 17.1. The van der Waals surface area contributed by atoms with Crippen molar-refractivity contribution in [2.24, 2.45) is 5.92 Å². The second kappa shape index (κ2) is 46.2. The molecule has 0 atom stereocenters. The summed E-state index contributed by atoms with van der Waals surface area (Å²) in [5.41, 5.74) is 11.3. The van der Waals surface area contributed by atoms with Crippen LogP contribution < -0.4 is 50.2 Å². The number of hydrogen-bond acceptors (Lipinski definition) is 18. The zero-order chi connectivity index (χ0) is 103. The van der Waals surface area contributed by atoms with E-state index in [0.717, 1.165) is 104 Å². The molecule has 0 spiro atoms. The van der Waals surface area contributed by atoms with Gasteiger partial charge in [-0.15, -0.1) is 0 Å². The third kappa shape index (κ3) is 26.9. The lowest BCUT2D eigenvalue weighted by Gasteiger charge is -2.32. The Morgan fingerprint density at radius 3 is 1.46 bits per heavy atom. The van der Waals surface area contributed by atoms with E-state index in [0.29, 0.717) is 151 Å². The fourth-order valence-corrected chi connectivity index (χ4v) is 20.1. The molecule has 27 nitrogen and oxygen atoms in total. The van der Waals surface area contributed by atoms with Gasteiger partial charge in [0.25, 0.3) is 23.3 Å². The first-order valence-corrected chi connectivity index (χ1v) is 51.1. The molecule has 0 amide bonds. The maximum atomic E-state index is 14.0. The van der Waals surface area contributed by atoms with E-state index in [9.17, 15) is 69.5 Å². The van der Waals surface area contributed by atoms with Crippen LogP contribution in [0.4, 0.5) is 76.0 Å². The van der Waals surface area contributed by atoms with Gasteiger partial charge in [-0.3, -0.25) is 15.2 Å². The number of piperidine rings is 2. The SMILES string of the molecule is CN(c1[nH+]cccc1-c1[nH]c2cc(Cl)c(Cl)cc2[nH+]1)C1CCCCC1.CS(=O)(=O)C1CCN(c2ncccc2-c2nc3c(F)c(F)ccc3[nH]2)CC1.CS(=O)(=O)C1CCN(c2ncccc2-c2nc3ccc(C(F)(F)F)cc3[nH]2)CC1.Clc1cc2[nH]c(-c3ccc[nH+]c3NCC3CCCCC3)[nH+]c2cc1Cl.Fc1cc2[nH]c(-c3cccnc3-c3ccc(Cl)cc3)nc2cc1Cl.O=C([O-])C(F)(F)F.O=C([O-])C(F)(F)F. The molecular formula is C97H91Cl6F12N19O8S2+2. The smallest absolute Gasteiger partial charge is 0.430 e. The molecule has 20 rings (SSSR count). The van der Waals surface area contributed by atoms with Gasteiger partial charge in [0.05, 0.1) is 118 Å². The number of alkyl halides is 9. The summed E-state index contributed by atoms with van der Waals surface area (Å²) < 4.78 is 190. The summed E-state index contributed by atoms with van der Waals surface area (Å²) in [5.74, 6) is -0.965.